The molecule has 1 N–H and O–H groups in total. The Morgan fingerprint density at radius 1 is 0.724 bits per heavy atom. The number of benzene rings is 3. The first-order valence-electron chi connectivity index (χ1n) is 19.5. The fourth-order valence-corrected chi connectivity index (χ4v) is 7.57. The average molecular weight is 786 g/mol. The molecular formula is C43H47N9O6. The lowest BCUT2D eigenvalue weighted by molar-refractivity contribution is -0.132. The van der Waals surface area contributed by atoms with Crippen LogP contribution in [0.15, 0.2) is 85.2 Å². The molecule has 0 unspecified atom stereocenters. The minimum Gasteiger partial charge on any atom is -0.497 e. The van der Waals surface area contributed by atoms with Gasteiger partial charge in [-0.1, -0.05) is 36.4 Å². The van der Waals surface area contributed by atoms with E-state index in [9.17, 15) is 14.7 Å². The molecule has 0 radical (unpaired) electrons. The minimum atomic E-state index is -0.948. The molecule has 300 valence electrons. The van der Waals surface area contributed by atoms with Gasteiger partial charge in [0.2, 0.25) is 17.8 Å². The number of aromatic nitrogens is 4. The predicted octanol–water partition coefficient (Wildman–Crippen LogP) is 5.05. The summed E-state index contributed by atoms with van der Waals surface area (Å²) in [7, 11) is 3.33. The lowest BCUT2D eigenvalue weighted by atomic mass is 10.1. The molecular weight excluding hydrogens is 739 g/mol. The van der Waals surface area contributed by atoms with Gasteiger partial charge in [-0.3, -0.25) is 4.79 Å². The van der Waals surface area contributed by atoms with Crippen LogP contribution in [0.2, 0.25) is 0 Å². The van der Waals surface area contributed by atoms with Crippen LogP contribution >= 0.6 is 0 Å². The first-order valence-corrected chi connectivity index (χ1v) is 19.5. The highest BCUT2D eigenvalue weighted by Gasteiger charge is 2.30. The largest absolute Gasteiger partial charge is 0.497 e. The Hall–Kier alpha value is -6.48. The number of carbonyl (C=O) groups excluding carboxylic acids is 1. The molecule has 3 aliphatic rings. The van der Waals surface area contributed by atoms with Crippen molar-refractivity contribution in [2.75, 3.05) is 87.9 Å². The van der Waals surface area contributed by atoms with Crippen molar-refractivity contribution in [1.82, 2.24) is 29.7 Å². The first kappa shape index (κ1) is 38.4. The van der Waals surface area contributed by atoms with E-state index in [4.69, 9.17) is 34.1 Å². The second-order valence-corrected chi connectivity index (χ2v) is 14.5. The zero-order valence-electron chi connectivity index (χ0n) is 32.8. The number of nitrogens with zero attached hydrogens (tertiary/aromatic N) is 9. The van der Waals surface area contributed by atoms with Crippen molar-refractivity contribution in [1.29, 1.82) is 0 Å². The number of morpholine rings is 1. The maximum atomic E-state index is 13.1. The Bertz CT molecular complexity index is 2140. The van der Waals surface area contributed by atoms with Crippen LogP contribution in [0, 0.1) is 0 Å². The van der Waals surface area contributed by atoms with E-state index in [1.165, 1.54) is 4.90 Å². The van der Waals surface area contributed by atoms with E-state index in [2.05, 4.69) is 39.0 Å². The van der Waals surface area contributed by atoms with Crippen LogP contribution in [-0.4, -0.2) is 120 Å². The van der Waals surface area contributed by atoms with Gasteiger partial charge in [-0.05, 0) is 59.5 Å². The Morgan fingerprint density at radius 2 is 1.29 bits per heavy atom. The van der Waals surface area contributed by atoms with E-state index >= 15 is 0 Å². The third-order valence-electron chi connectivity index (χ3n) is 10.9. The van der Waals surface area contributed by atoms with Gasteiger partial charge in [-0.2, -0.15) is 4.98 Å². The van der Waals surface area contributed by atoms with Crippen molar-refractivity contribution in [2.24, 2.45) is 0 Å². The molecule has 58 heavy (non-hydrogen) atoms. The fraction of sp³-hybridized carbons (Fsp3) is 0.349. The van der Waals surface area contributed by atoms with Crippen LogP contribution in [-0.2, 0) is 35.5 Å². The average Bonchev–Trinajstić information content (AvgIpc) is 3.71. The number of rotatable bonds is 12. The molecule has 0 spiro atoms. The Kier molecular flexibility index (Phi) is 11.5. The number of ether oxygens (including phenoxy) is 3. The van der Waals surface area contributed by atoms with Crippen LogP contribution in [0.25, 0.3) is 11.3 Å². The number of methoxy groups -OCH3 is 2. The molecule has 0 atom stereocenters. The number of hydrogen-bond donors (Lipinski definition) is 1. The summed E-state index contributed by atoms with van der Waals surface area (Å²) in [5.74, 6) is 3.67. The van der Waals surface area contributed by atoms with Crippen LogP contribution in [0.1, 0.15) is 22.3 Å². The number of anilines is 4. The monoisotopic (exact) mass is 785 g/mol. The number of carboxylic acid groups (broad SMARTS) is 1. The summed E-state index contributed by atoms with van der Waals surface area (Å²) in [6.07, 6.45) is 3.76. The summed E-state index contributed by atoms with van der Waals surface area (Å²) >= 11 is 0. The molecule has 15 heteroatoms. The van der Waals surface area contributed by atoms with E-state index in [1.807, 2.05) is 60.9 Å². The van der Waals surface area contributed by atoms with Crippen LogP contribution in [0.4, 0.5) is 28.2 Å². The van der Waals surface area contributed by atoms with Gasteiger partial charge in [0.05, 0.1) is 39.5 Å². The van der Waals surface area contributed by atoms with Gasteiger partial charge in [-0.15, -0.1) is 0 Å². The standard InChI is InChI=1S/C43H47N9O6/c1-56-35-11-5-31(6-12-35)28-51(29-32-7-13-36(57-2)14-8-32)41-44-26-33(27-45-41)39-37-15-16-52(40(37)47-42(46-39)49-21-23-58-24-22-49)34-9-3-30(4-10-34)25-38(53)48-17-19-50(20-18-48)43(54)55/h3-14,26-27H,15-25,28-29H2,1-2H3,(H,54,55). The molecule has 0 aliphatic carbocycles. The van der Waals surface area contributed by atoms with Gasteiger partial charge in [-0.25, -0.2) is 19.7 Å². The second kappa shape index (κ2) is 17.3. The zero-order valence-corrected chi connectivity index (χ0v) is 32.8. The molecule has 2 amide bonds. The molecule has 2 saturated heterocycles. The normalized spacial score (nSPS) is 15.3. The maximum Gasteiger partial charge on any atom is 0.407 e. The highest BCUT2D eigenvalue weighted by molar-refractivity contribution is 5.80. The van der Waals surface area contributed by atoms with E-state index in [0.717, 1.165) is 62.9 Å². The van der Waals surface area contributed by atoms with Gasteiger partial charge >= 0.3 is 6.09 Å². The molecule has 15 nitrogen and oxygen atoms in total. The van der Waals surface area contributed by atoms with Crippen LogP contribution in [0.3, 0.4) is 0 Å². The zero-order chi connectivity index (χ0) is 40.0. The second-order valence-electron chi connectivity index (χ2n) is 14.5. The van der Waals surface area contributed by atoms with Gasteiger partial charge in [0, 0.05) is 88.1 Å². The van der Waals surface area contributed by atoms with Gasteiger partial charge < -0.3 is 43.8 Å². The van der Waals surface area contributed by atoms with Crippen molar-refractivity contribution in [3.8, 4) is 22.8 Å². The lowest BCUT2D eigenvalue weighted by Crippen LogP contribution is -2.50. The minimum absolute atomic E-state index is 0.00494. The molecule has 3 aliphatic heterocycles. The van der Waals surface area contributed by atoms with E-state index in [-0.39, 0.29) is 12.3 Å². The SMILES string of the molecule is COc1ccc(CN(Cc2ccc(OC)cc2)c2ncc(-c3nc(N4CCOCC4)nc4c3CCN4c3ccc(CC(=O)N4CCN(C(=O)O)CC4)cc3)cn2)cc1. The van der Waals surface area contributed by atoms with E-state index < -0.39 is 6.09 Å². The summed E-state index contributed by atoms with van der Waals surface area (Å²) in [6, 6.07) is 24.1. The maximum absolute atomic E-state index is 13.1. The molecule has 8 rings (SSSR count). The Labute approximate surface area is 337 Å². The molecule has 2 aromatic heterocycles. The number of fused-ring (bicyclic) bond motifs is 1. The van der Waals surface area contributed by atoms with E-state index in [0.29, 0.717) is 84.0 Å². The highest BCUT2D eigenvalue weighted by atomic mass is 16.5. The molecule has 3 aromatic carbocycles. The number of hydrogen-bond acceptors (Lipinski definition) is 12. The van der Waals surface area contributed by atoms with Gasteiger partial charge in [0.1, 0.15) is 17.3 Å². The van der Waals surface area contributed by atoms with Gasteiger partial charge in [0.15, 0.2) is 0 Å². The third-order valence-corrected chi connectivity index (χ3v) is 10.9. The Morgan fingerprint density at radius 3 is 1.86 bits per heavy atom. The Balaban J connectivity index is 1.05. The molecule has 5 aromatic rings. The third kappa shape index (κ3) is 8.59. The lowest BCUT2D eigenvalue weighted by Gasteiger charge is -2.33. The predicted molar refractivity (Wildman–Crippen MR) is 219 cm³/mol. The smallest absolute Gasteiger partial charge is 0.407 e. The molecule has 0 bridgehead atoms. The summed E-state index contributed by atoms with van der Waals surface area (Å²) in [5.41, 5.74) is 6.72. The first-order chi connectivity index (χ1) is 28.3. The van der Waals surface area contributed by atoms with Gasteiger partial charge in [0.25, 0.3) is 0 Å². The van der Waals surface area contributed by atoms with Crippen molar-refractivity contribution < 1.29 is 28.9 Å². The van der Waals surface area contributed by atoms with Crippen LogP contribution < -0.4 is 24.2 Å². The van der Waals surface area contributed by atoms with Crippen molar-refractivity contribution in [3.63, 3.8) is 0 Å². The summed E-state index contributed by atoms with van der Waals surface area (Å²) in [4.78, 5) is 54.1. The van der Waals surface area contributed by atoms with Crippen molar-refractivity contribution in [3.05, 3.63) is 107 Å². The van der Waals surface area contributed by atoms with Crippen molar-refractivity contribution >= 4 is 35.4 Å². The fourth-order valence-electron chi connectivity index (χ4n) is 7.57. The number of amides is 2. The summed E-state index contributed by atoms with van der Waals surface area (Å²) in [5, 5.41) is 9.26. The highest BCUT2D eigenvalue weighted by Crippen LogP contribution is 2.39. The summed E-state index contributed by atoms with van der Waals surface area (Å²) in [6.45, 7) is 5.93. The van der Waals surface area contributed by atoms with E-state index in [1.54, 1.807) is 19.1 Å². The number of piperazine rings is 1. The van der Waals surface area contributed by atoms with Crippen molar-refractivity contribution in [2.45, 2.75) is 25.9 Å². The summed E-state index contributed by atoms with van der Waals surface area (Å²) < 4.78 is 16.4. The molecule has 5 heterocycles. The molecule has 0 saturated carbocycles. The molecule has 2 fully saturated rings. The topological polar surface area (TPSA) is 150 Å². The van der Waals surface area contributed by atoms with Crippen LogP contribution in [0.5, 0.6) is 11.5 Å². The quantitative estimate of drug-likeness (QED) is 0.180. The number of carbonyl (C=O) groups is 2.